The maximum atomic E-state index is 11.1. The van der Waals surface area contributed by atoms with E-state index in [9.17, 15) is 10.1 Å². The second-order valence-corrected chi connectivity index (χ2v) is 5.72. The zero-order valence-electron chi connectivity index (χ0n) is 12.5. The Hall–Kier alpha value is -1.62. The number of hydrogen-bond acceptors (Lipinski definition) is 4. The summed E-state index contributed by atoms with van der Waals surface area (Å²) in [6, 6.07) is 7.96. The third kappa shape index (κ3) is 3.10. The van der Waals surface area contributed by atoms with Crippen molar-refractivity contribution in [3.8, 4) is 0 Å². The Morgan fingerprint density at radius 1 is 1.30 bits per heavy atom. The summed E-state index contributed by atoms with van der Waals surface area (Å²) < 4.78 is 0. The average Bonchev–Trinajstić information content (AvgIpc) is 2.46. The number of likely N-dealkylation sites (tertiary alicyclic amines) is 1. The standard InChI is InChI=1S/C15H23N3O2/c1-12(2)17-10-8-13(9-11-17)16(3)14-6-4-5-7-15(14)18(19)20/h4-7,12-13H,8-11H2,1-3H3. The Kier molecular flexibility index (Phi) is 4.60. The normalized spacial score (nSPS) is 17.4. The van der Waals surface area contributed by atoms with Crippen LogP contribution >= 0.6 is 0 Å². The van der Waals surface area contributed by atoms with E-state index in [1.807, 2.05) is 19.2 Å². The van der Waals surface area contributed by atoms with Crippen molar-refractivity contribution in [2.75, 3.05) is 25.0 Å². The number of hydrogen-bond donors (Lipinski definition) is 0. The van der Waals surface area contributed by atoms with Crippen LogP contribution in [0.3, 0.4) is 0 Å². The second-order valence-electron chi connectivity index (χ2n) is 5.72. The van der Waals surface area contributed by atoms with E-state index in [1.54, 1.807) is 12.1 Å². The van der Waals surface area contributed by atoms with Crippen LogP contribution in [0.15, 0.2) is 24.3 Å². The van der Waals surface area contributed by atoms with Crippen LogP contribution in [0.4, 0.5) is 11.4 Å². The Morgan fingerprint density at radius 3 is 2.45 bits per heavy atom. The van der Waals surface area contributed by atoms with Crippen molar-refractivity contribution in [1.29, 1.82) is 0 Å². The van der Waals surface area contributed by atoms with Crippen LogP contribution in [0, 0.1) is 10.1 Å². The molecular formula is C15H23N3O2. The van der Waals surface area contributed by atoms with Gasteiger partial charge in [0.2, 0.25) is 0 Å². The van der Waals surface area contributed by atoms with E-state index in [2.05, 4.69) is 23.6 Å². The molecule has 5 nitrogen and oxygen atoms in total. The Bertz CT molecular complexity index is 468. The molecule has 0 N–H and O–H groups in total. The van der Waals surface area contributed by atoms with E-state index in [-0.39, 0.29) is 10.6 Å². The molecule has 0 aromatic heterocycles. The molecule has 110 valence electrons. The topological polar surface area (TPSA) is 49.6 Å². The fourth-order valence-corrected chi connectivity index (χ4v) is 2.90. The molecule has 1 aliphatic rings. The third-order valence-corrected chi connectivity index (χ3v) is 4.24. The van der Waals surface area contributed by atoms with Gasteiger partial charge in [0.1, 0.15) is 5.69 Å². The van der Waals surface area contributed by atoms with Gasteiger partial charge in [-0.15, -0.1) is 0 Å². The molecule has 1 heterocycles. The Balaban J connectivity index is 2.09. The summed E-state index contributed by atoms with van der Waals surface area (Å²) >= 11 is 0. The van der Waals surface area contributed by atoms with E-state index < -0.39 is 0 Å². The van der Waals surface area contributed by atoms with Gasteiger partial charge in [-0.1, -0.05) is 12.1 Å². The fourth-order valence-electron chi connectivity index (χ4n) is 2.90. The van der Waals surface area contributed by atoms with Gasteiger partial charge in [0.25, 0.3) is 5.69 Å². The van der Waals surface area contributed by atoms with Gasteiger partial charge in [0.15, 0.2) is 0 Å². The van der Waals surface area contributed by atoms with Crippen molar-refractivity contribution in [1.82, 2.24) is 4.90 Å². The van der Waals surface area contributed by atoms with E-state index in [0.717, 1.165) is 31.6 Å². The molecule has 1 aliphatic heterocycles. The average molecular weight is 277 g/mol. The molecule has 0 spiro atoms. The van der Waals surface area contributed by atoms with Crippen LogP contribution in [0.1, 0.15) is 26.7 Å². The van der Waals surface area contributed by atoms with E-state index in [0.29, 0.717) is 12.1 Å². The first-order chi connectivity index (χ1) is 9.50. The molecule has 0 radical (unpaired) electrons. The first-order valence-electron chi connectivity index (χ1n) is 7.21. The molecule has 20 heavy (non-hydrogen) atoms. The van der Waals surface area contributed by atoms with Gasteiger partial charge in [-0.05, 0) is 32.8 Å². The molecule has 0 saturated carbocycles. The minimum Gasteiger partial charge on any atom is -0.366 e. The smallest absolute Gasteiger partial charge is 0.292 e. The van der Waals surface area contributed by atoms with Gasteiger partial charge in [-0.2, -0.15) is 0 Å². The number of para-hydroxylation sites is 2. The number of nitro groups is 1. The van der Waals surface area contributed by atoms with Crippen molar-refractivity contribution < 1.29 is 4.92 Å². The molecule has 1 saturated heterocycles. The lowest BCUT2D eigenvalue weighted by atomic mass is 10.0. The van der Waals surface area contributed by atoms with Gasteiger partial charge < -0.3 is 9.80 Å². The van der Waals surface area contributed by atoms with Crippen LogP contribution in [0.2, 0.25) is 0 Å². The Labute approximate surface area is 120 Å². The zero-order chi connectivity index (χ0) is 14.7. The first-order valence-corrected chi connectivity index (χ1v) is 7.21. The van der Waals surface area contributed by atoms with Gasteiger partial charge in [0, 0.05) is 38.3 Å². The highest BCUT2D eigenvalue weighted by Gasteiger charge is 2.26. The van der Waals surface area contributed by atoms with Gasteiger partial charge >= 0.3 is 0 Å². The van der Waals surface area contributed by atoms with Crippen molar-refractivity contribution in [2.45, 2.75) is 38.8 Å². The van der Waals surface area contributed by atoms with E-state index >= 15 is 0 Å². The van der Waals surface area contributed by atoms with Crippen molar-refractivity contribution in [2.24, 2.45) is 0 Å². The fraction of sp³-hybridized carbons (Fsp3) is 0.600. The van der Waals surface area contributed by atoms with Crippen molar-refractivity contribution in [3.63, 3.8) is 0 Å². The molecular weight excluding hydrogens is 254 g/mol. The molecule has 0 bridgehead atoms. The molecule has 1 aromatic rings. The maximum absolute atomic E-state index is 11.1. The SMILES string of the molecule is CC(C)N1CCC(N(C)c2ccccc2[N+](=O)[O-])CC1. The van der Waals surface area contributed by atoms with Crippen LogP contribution < -0.4 is 4.90 Å². The quantitative estimate of drug-likeness (QED) is 0.627. The maximum Gasteiger partial charge on any atom is 0.292 e. The largest absolute Gasteiger partial charge is 0.366 e. The zero-order valence-corrected chi connectivity index (χ0v) is 12.5. The van der Waals surface area contributed by atoms with E-state index in [4.69, 9.17) is 0 Å². The number of piperidine rings is 1. The monoisotopic (exact) mass is 277 g/mol. The number of rotatable bonds is 4. The Morgan fingerprint density at radius 2 is 1.90 bits per heavy atom. The summed E-state index contributed by atoms with van der Waals surface area (Å²) in [6.07, 6.45) is 2.11. The minimum absolute atomic E-state index is 0.196. The lowest BCUT2D eigenvalue weighted by Gasteiger charge is -2.39. The predicted molar refractivity (Wildman–Crippen MR) is 81.2 cm³/mol. The van der Waals surface area contributed by atoms with Crippen LogP contribution in [-0.2, 0) is 0 Å². The lowest BCUT2D eigenvalue weighted by Crippen LogP contribution is -2.45. The first kappa shape index (κ1) is 14.8. The van der Waals surface area contributed by atoms with Gasteiger partial charge in [-0.25, -0.2) is 0 Å². The molecule has 0 atom stereocenters. The van der Waals surface area contributed by atoms with E-state index in [1.165, 1.54) is 0 Å². The molecule has 2 rings (SSSR count). The molecule has 0 amide bonds. The number of anilines is 1. The summed E-state index contributed by atoms with van der Waals surface area (Å²) in [7, 11) is 1.97. The second kappa shape index (κ2) is 6.22. The molecule has 1 fully saturated rings. The highest BCUT2D eigenvalue weighted by atomic mass is 16.6. The van der Waals surface area contributed by atoms with Crippen molar-refractivity contribution in [3.05, 3.63) is 34.4 Å². The van der Waals surface area contributed by atoms with Crippen LogP contribution in [0.25, 0.3) is 0 Å². The summed E-state index contributed by atoms with van der Waals surface area (Å²) in [5.41, 5.74) is 0.918. The summed E-state index contributed by atoms with van der Waals surface area (Å²) in [4.78, 5) is 15.4. The lowest BCUT2D eigenvalue weighted by molar-refractivity contribution is -0.384. The number of nitro benzene ring substituents is 1. The van der Waals surface area contributed by atoms with Crippen LogP contribution in [0.5, 0.6) is 0 Å². The minimum atomic E-state index is -0.297. The number of nitrogens with zero attached hydrogens (tertiary/aromatic N) is 3. The highest BCUT2D eigenvalue weighted by molar-refractivity contribution is 5.63. The summed E-state index contributed by atoms with van der Waals surface area (Å²) in [5, 5.41) is 11.1. The predicted octanol–water partition coefficient (Wildman–Crippen LogP) is 2.90. The van der Waals surface area contributed by atoms with Crippen LogP contribution in [-0.4, -0.2) is 42.0 Å². The molecule has 1 aromatic carbocycles. The third-order valence-electron chi connectivity index (χ3n) is 4.24. The number of benzene rings is 1. The highest BCUT2D eigenvalue weighted by Crippen LogP contribution is 2.30. The van der Waals surface area contributed by atoms with Gasteiger partial charge in [-0.3, -0.25) is 10.1 Å². The van der Waals surface area contributed by atoms with Crippen molar-refractivity contribution >= 4 is 11.4 Å². The molecule has 0 unspecified atom stereocenters. The van der Waals surface area contributed by atoms with Gasteiger partial charge in [0.05, 0.1) is 4.92 Å². The summed E-state index contributed by atoms with van der Waals surface area (Å²) in [6.45, 7) is 6.55. The molecule has 5 heteroatoms. The molecule has 0 aliphatic carbocycles. The summed E-state index contributed by atoms with van der Waals surface area (Å²) in [5.74, 6) is 0.